The van der Waals surface area contributed by atoms with E-state index in [9.17, 15) is 0 Å². The lowest BCUT2D eigenvalue weighted by Gasteiger charge is -2.12. The van der Waals surface area contributed by atoms with Crippen molar-refractivity contribution in [2.45, 2.75) is 5.38 Å². The molecule has 2 nitrogen and oxygen atoms in total. The van der Waals surface area contributed by atoms with Crippen LogP contribution in [0.15, 0.2) is 37.9 Å². The van der Waals surface area contributed by atoms with Crippen molar-refractivity contribution in [3.05, 3.63) is 49.0 Å². The minimum atomic E-state index is -0.165. The second kappa shape index (κ2) is 7.80. The van der Waals surface area contributed by atoms with E-state index in [0.29, 0.717) is 13.2 Å². The van der Waals surface area contributed by atoms with Gasteiger partial charge in [-0.3, -0.25) is 0 Å². The number of hydrogen-bond donors (Lipinski definition) is 0. The maximum absolute atomic E-state index is 6.50. The molecule has 0 saturated heterocycles. The average Bonchev–Trinajstić information content (AvgIpc) is 2.86. The fourth-order valence-electron chi connectivity index (χ4n) is 1.68. The summed E-state index contributed by atoms with van der Waals surface area (Å²) < 4.78 is 12.5. The molecule has 108 valence electrons. The van der Waals surface area contributed by atoms with E-state index in [1.165, 1.54) is 0 Å². The average molecular weight is 441 g/mol. The van der Waals surface area contributed by atoms with Crippen LogP contribution in [0.25, 0.3) is 0 Å². The Kier molecular flexibility index (Phi) is 6.36. The van der Waals surface area contributed by atoms with Crippen LogP contribution in [0.3, 0.4) is 0 Å². The van der Waals surface area contributed by atoms with E-state index in [1.54, 1.807) is 18.4 Å². The monoisotopic (exact) mass is 438 g/mol. The predicted molar refractivity (Wildman–Crippen MR) is 91.2 cm³/mol. The third-order valence-corrected chi connectivity index (χ3v) is 5.32. The van der Waals surface area contributed by atoms with Crippen LogP contribution >= 0.6 is 54.8 Å². The Morgan fingerprint density at radius 1 is 1.20 bits per heavy atom. The Labute approximate surface area is 144 Å². The lowest BCUT2D eigenvalue weighted by molar-refractivity contribution is 0.146. The van der Waals surface area contributed by atoms with Crippen molar-refractivity contribution in [2.24, 2.45) is 0 Å². The summed E-state index contributed by atoms with van der Waals surface area (Å²) in [6.07, 6.45) is 0. The van der Waals surface area contributed by atoms with Gasteiger partial charge in [0.2, 0.25) is 0 Å². The van der Waals surface area contributed by atoms with Gasteiger partial charge in [-0.25, -0.2) is 0 Å². The van der Waals surface area contributed by atoms with Crippen molar-refractivity contribution in [1.82, 2.24) is 0 Å². The largest absolute Gasteiger partial charge is 0.490 e. The first kappa shape index (κ1) is 16.3. The van der Waals surface area contributed by atoms with Crippen LogP contribution in [0, 0.1) is 0 Å². The summed E-state index contributed by atoms with van der Waals surface area (Å²) in [5.74, 6) is 0.793. The maximum atomic E-state index is 6.50. The Morgan fingerprint density at radius 3 is 2.60 bits per heavy atom. The van der Waals surface area contributed by atoms with E-state index < -0.39 is 0 Å². The maximum Gasteiger partial charge on any atom is 0.133 e. The number of benzene rings is 1. The highest BCUT2D eigenvalue weighted by Crippen LogP contribution is 2.36. The molecule has 0 spiro atoms. The van der Waals surface area contributed by atoms with E-state index >= 15 is 0 Å². The first-order chi connectivity index (χ1) is 9.61. The van der Waals surface area contributed by atoms with Crippen LogP contribution in [-0.2, 0) is 4.74 Å². The fourth-order valence-corrected chi connectivity index (χ4v) is 3.72. The van der Waals surface area contributed by atoms with Crippen LogP contribution in [0.1, 0.15) is 16.5 Å². The third kappa shape index (κ3) is 4.21. The molecule has 2 aromatic rings. The number of halogens is 3. The normalized spacial score (nSPS) is 12.4. The van der Waals surface area contributed by atoms with Gasteiger partial charge in [0.05, 0.1) is 20.2 Å². The molecule has 0 radical (unpaired) electrons. The lowest BCUT2D eigenvalue weighted by Crippen LogP contribution is -2.04. The van der Waals surface area contributed by atoms with Gasteiger partial charge in [-0.15, -0.1) is 22.9 Å². The van der Waals surface area contributed by atoms with Crippen LogP contribution in [-0.4, -0.2) is 20.3 Å². The topological polar surface area (TPSA) is 18.5 Å². The third-order valence-electron chi connectivity index (χ3n) is 2.67. The van der Waals surface area contributed by atoms with Gasteiger partial charge in [-0.05, 0) is 66.6 Å². The lowest BCUT2D eigenvalue weighted by atomic mass is 10.1. The molecule has 1 unspecified atom stereocenters. The highest BCUT2D eigenvalue weighted by molar-refractivity contribution is 9.11. The second-order valence-corrected chi connectivity index (χ2v) is 7.66. The second-order valence-electron chi connectivity index (χ2n) is 4.08. The molecule has 0 aliphatic rings. The first-order valence-electron chi connectivity index (χ1n) is 5.91. The number of thiophene rings is 1. The molecular formula is C14H13Br2ClO2S. The van der Waals surface area contributed by atoms with Crippen molar-refractivity contribution in [3.8, 4) is 5.75 Å². The molecule has 1 aromatic heterocycles. The van der Waals surface area contributed by atoms with Crippen molar-refractivity contribution in [1.29, 1.82) is 0 Å². The molecule has 0 saturated carbocycles. The molecule has 0 bridgehead atoms. The molecule has 0 fully saturated rings. The zero-order valence-electron chi connectivity index (χ0n) is 10.7. The summed E-state index contributed by atoms with van der Waals surface area (Å²) in [4.78, 5) is 0. The van der Waals surface area contributed by atoms with Crippen molar-refractivity contribution >= 4 is 54.8 Å². The molecule has 20 heavy (non-hydrogen) atoms. The standard InChI is InChI=1S/C14H13Br2ClO2S/c1-18-4-5-19-12-3-2-9(6-11(12)15)14(17)10-7-13(16)20-8-10/h2-3,6-8,14H,4-5H2,1H3. The Hall–Kier alpha value is -0.0700. The Balaban J connectivity index is 2.12. The molecule has 0 aliphatic heterocycles. The summed E-state index contributed by atoms with van der Waals surface area (Å²) in [6.45, 7) is 1.09. The van der Waals surface area contributed by atoms with Crippen LogP contribution in [0.4, 0.5) is 0 Å². The number of rotatable bonds is 6. The molecule has 1 heterocycles. The van der Waals surface area contributed by atoms with Gasteiger partial charge in [0, 0.05) is 7.11 Å². The zero-order chi connectivity index (χ0) is 14.5. The van der Waals surface area contributed by atoms with Crippen molar-refractivity contribution < 1.29 is 9.47 Å². The summed E-state index contributed by atoms with van der Waals surface area (Å²) in [7, 11) is 1.65. The molecule has 0 amide bonds. The van der Waals surface area contributed by atoms with Crippen molar-refractivity contribution in [2.75, 3.05) is 20.3 Å². The van der Waals surface area contributed by atoms with Crippen LogP contribution in [0.5, 0.6) is 5.75 Å². The molecule has 6 heteroatoms. The van der Waals surface area contributed by atoms with Gasteiger partial charge in [-0.1, -0.05) is 6.07 Å². The summed E-state index contributed by atoms with van der Waals surface area (Å²) >= 11 is 15.1. The minimum Gasteiger partial charge on any atom is -0.490 e. The zero-order valence-corrected chi connectivity index (χ0v) is 15.5. The first-order valence-corrected chi connectivity index (χ1v) is 8.81. The van der Waals surface area contributed by atoms with Gasteiger partial charge in [0.15, 0.2) is 0 Å². The molecule has 0 aliphatic carbocycles. The van der Waals surface area contributed by atoms with E-state index in [2.05, 4.69) is 37.2 Å². The van der Waals surface area contributed by atoms with E-state index in [4.69, 9.17) is 21.1 Å². The van der Waals surface area contributed by atoms with Gasteiger partial charge in [0.25, 0.3) is 0 Å². The number of methoxy groups -OCH3 is 1. The minimum absolute atomic E-state index is 0.165. The SMILES string of the molecule is COCCOc1ccc(C(Cl)c2csc(Br)c2)cc1Br. The molecule has 2 rings (SSSR count). The Bertz CT molecular complexity index is 574. The molecule has 0 N–H and O–H groups in total. The predicted octanol–water partition coefficient (Wildman–Crippen LogP) is 5.63. The fraction of sp³-hybridized carbons (Fsp3) is 0.286. The highest BCUT2D eigenvalue weighted by atomic mass is 79.9. The van der Waals surface area contributed by atoms with Gasteiger partial charge in [0.1, 0.15) is 12.4 Å². The van der Waals surface area contributed by atoms with Gasteiger partial charge < -0.3 is 9.47 Å². The number of alkyl halides is 1. The van der Waals surface area contributed by atoms with Gasteiger partial charge in [-0.2, -0.15) is 0 Å². The van der Waals surface area contributed by atoms with E-state index in [1.807, 2.05) is 24.3 Å². The van der Waals surface area contributed by atoms with Crippen LogP contribution in [0.2, 0.25) is 0 Å². The number of ether oxygens (including phenoxy) is 2. The van der Waals surface area contributed by atoms with Crippen LogP contribution < -0.4 is 4.74 Å². The van der Waals surface area contributed by atoms with Gasteiger partial charge >= 0.3 is 0 Å². The smallest absolute Gasteiger partial charge is 0.133 e. The summed E-state index contributed by atoms with van der Waals surface area (Å²) in [5, 5.41) is 1.89. The highest BCUT2D eigenvalue weighted by Gasteiger charge is 2.14. The quantitative estimate of drug-likeness (QED) is 0.428. The Morgan fingerprint density at radius 2 is 2.00 bits per heavy atom. The van der Waals surface area contributed by atoms with Crippen molar-refractivity contribution in [3.63, 3.8) is 0 Å². The van der Waals surface area contributed by atoms with E-state index in [0.717, 1.165) is 25.1 Å². The molecule has 1 aromatic carbocycles. The van der Waals surface area contributed by atoms with E-state index in [-0.39, 0.29) is 5.38 Å². The molecule has 1 atom stereocenters. The summed E-state index contributed by atoms with van der Waals surface area (Å²) in [6, 6.07) is 7.94. The molecular weight excluding hydrogens is 427 g/mol. The number of hydrogen-bond acceptors (Lipinski definition) is 3. The summed E-state index contributed by atoms with van der Waals surface area (Å²) in [5.41, 5.74) is 2.12.